The summed E-state index contributed by atoms with van der Waals surface area (Å²) in [6.45, 7) is 4.30. The smallest absolute Gasteiger partial charge is 0.129 e. The molecule has 0 unspecified atom stereocenters. The van der Waals surface area contributed by atoms with Crippen molar-refractivity contribution in [3.8, 4) is 11.1 Å². The van der Waals surface area contributed by atoms with Crippen molar-refractivity contribution in [1.82, 2.24) is 9.78 Å². The zero-order chi connectivity index (χ0) is 14.3. The zero-order valence-electron chi connectivity index (χ0n) is 12.6. The van der Waals surface area contributed by atoms with Crippen LogP contribution < -0.4 is 5.73 Å². The van der Waals surface area contributed by atoms with Crippen LogP contribution in [0.15, 0.2) is 18.2 Å². The summed E-state index contributed by atoms with van der Waals surface area (Å²) in [6.07, 6.45) is 5.11. The summed E-state index contributed by atoms with van der Waals surface area (Å²) in [5, 5.41) is 4.71. The van der Waals surface area contributed by atoms with Gasteiger partial charge in [0.2, 0.25) is 0 Å². The van der Waals surface area contributed by atoms with E-state index in [1.54, 1.807) is 0 Å². The molecule has 3 heteroatoms. The van der Waals surface area contributed by atoms with E-state index in [2.05, 4.69) is 32.0 Å². The molecule has 1 aromatic heterocycles. The van der Waals surface area contributed by atoms with Gasteiger partial charge in [0.1, 0.15) is 5.82 Å². The molecule has 1 fully saturated rings. The average molecular weight is 269 g/mol. The zero-order valence-corrected chi connectivity index (χ0v) is 12.6. The molecule has 106 valence electrons. The van der Waals surface area contributed by atoms with E-state index in [0.717, 1.165) is 11.4 Å². The Bertz CT molecular complexity index is 634. The number of hydrogen-bond acceptors (Lipinski definition) is 2. The van der Waals surface area contributed by atoms with Crippen LogP contribution in [0.5, 0.6) is 0 Å². The van der Waals surface area contributed by atoms with E-state index < -0.39 is 0 Å². The number of aryl methyl sites for hydroxylation is 3. The van der Waals surface area contributed by atoms with Crippen LogP contribution in [0.1, 0.15) is 48.4 Å². The van der Waals surface area contributed by atoms with Gasteiger partial charge in [-0.1, -0.05) is 31.0 Å². The first-order chi connectivity index (χ1) is 9.58. The number of anilines is 1. The van der Waals surface area contributed by atoms with Crippen LogP contribution in [0.3, 0.4) is 0 Å². The molecular formula is C17H23N3. The maximum Gasteiger partial charge on any atom is 0.129 e. The SMILES string of the molecule is Cc1ccc(-c2c(C3CCCC3)nn(C)c2N)cc1C. The van der Waals surface area contributed by atoms with Crippen molar-refractivity contribution in [2.24, 2.45) is 7.05 Å². The van der Waals surface area contributed by atoms with Crippen LogP contribution in [0.25, 0.3) is 11.1 Å². The molecule has 1 aliphatic rings. The number of rotatable bonds is 2. The van der Waals surface area contributed by atoms with Crippen molar-refractivity contribution in [1.29, 1.82) is 0 Å². The van der Waals surface area contributed by atoms with Gasteiger partial charge in [-0.3, -0.25) is 4.68 Å². The molecule has 1 aliphatic carbocycles. The minimum Gasteiger partial charge on any atom is -0.383 e. The second-order valence-electron chi connectivity index (χ2n) is 6.05. The molecule has 3 rings (SSSR count). The number of nitrogen functional groups attached to an aromatic ring is 1. The number of benzene rings is 1. The number of nitrogens with two attached hydrogens (primary N) is 1. The Balaban J connectivity index is 2.13. The van der Waals surface area contributed by atoms with Gasteiger partial charge >= 0.3 is 0 Å². The highest BCUT2D eigenvalue weighted by atomic mass is 15.3. The van der Waals surface area contributed by atoms with Crippen molar-refractivity contribution in [2.75, 3.05) is 5.73 Å². The van der Waals surface area contributed by atoms with Crippen LogP contribution >= 0.6 is 0 Å². The van der Waals surface area contributed by atoms with E-state index in [-0.39, 0.29) is 0 Å². The standard InChI is InChI=1S/C17H23N3/c1-11-8-9-14(10-12(11)2)15-16(13-6-4-5-7-13)19-20(3)17(15)18/h8-10,13H,4-7,18H2,1-3H3. The summed E-state index contributed by atoms with van der Waals surface area (Å²) in [4.78, 5) is 0. The fourth-order valence-electron chi connectivity index (χ4n) is 3.24. The van der Waals surface area contributed by atoms with Gasteiger partial charge in [0, 0.05) is 18.5 Å². The Morgan fingerprint density at radius 2 is 1.85 bits per heavy atom. The van der Waals surface area contributed by atoms with Crippen molar-refractivity contribution in [2.45, 2.75) is 45.4 Å². The summed E-state index contributed by atoms with van der Waals surface area (Å²) in [6, 6.07) is 6.59. The fourth-order valence-corrected chi connectivity index (χ4v) is 3.24. The van der Waals surface area contributed by atoms with E-state index in [9.17, 15) is 0 Å². The molecule has 0 radical (unpaired) electrons. The highest BCUT2D eigenvalue weighted by Crippen LogP contribution is 2.41. The monoisotopic (exact) mass is 269 g/mol. The Morgan fingerprint density at radius 3 is 2.50 bits per heavy atom. The van der Waals surface area contributed by atoms with Gasteiger partial charge in [0.15, 0.2) is 0 Å². The van der Waals surface area contributed by atoms with E-state index in [1.165, 1.54) is 48.1 Å². The molecule has 2 aromatic rings. The maximum atomic E-state index is 6.29. The number of aromatic nitrogens is 2. The molecule has 2 N–H and O–H groups in total. The minimum atomic E-state index is 0.579. The highest BCUT2D eigenvalue weighted by molar-refractivity contribution is 5.77. The molecule has 3 nitrogen and oxygen atoms in total. The van der Waals surface area contributed by atoms with Crippen molar-refractivity contribution in [3.63, 3.8) is 0 Å². The molecule has 0 aliphatic heterocycles. The first-order valence-electron chi connectivity index (χ1n) is 7.48. The lowest BCUT2D eigenvalue weighted by Crippen LogP contribution is -1.98. The quantitative estimate of drug-likeness (QED) is 0.897. The molecule has 0 saturated heterocycles. The van der Waals surface area contributed by atoms with Gasteiger partial charge in [-0.2, -0.15) is 5.10 Å². The molecule has 0 bridgehead atoms. The van der Waals surface area contributed by atoms with Crippen LogP contribution in [0.2, 0.25) is 0 Å². The predicted molar refractivity (Wildman–Crippen MR) is 83.7 cm³/mol. The fraction of sp³-hybridized carbons (Fsp3) is 0.471. The van der Waals surface area contributed by atoms with Crippen molar-refractivity contribution in [3.05, 3.63) is 35.0 Å². The maximum absolute atomic E-state index is 6.29. The van der Waals surface area contributed by atoms with Crippen LogP contribution in [-0.4, -0.2) is 9.78 Å². The third kappa shape index (κ3) is 2.11. The lowest BCUT2D eigenvalue weighted by Gasteiger charge is -2.11. The molecule has 1 heterocycles. The van der Waals surface area contributed by atoms with Gasteiger partial charge < -0.3 is 5.73 Å². The predicted octanol–water partition coefficient (Wildman–Crippen LogP) is 3.94. The Kier molecular flexibility index (Phi) is 3.28. The normalized spacial score (nSPS) is 15.9. The van der Waals surface area contributed by atoms with E-state index in [1.807, 2.05) is 11.7 Å². The lowest BCUT2D eigenvalue weighted by molar-refractivity contribution is 0.661. The first kappa shape index (κ1) is 13.2. The van der Waals surface area contributed by atoms with Crippen LogP contribution in [-0.2, 0) is 7.05 Å². The summed E-state index contributed by atoms with van der Waals surface area (Å²) < 4.78 is 1.83. The van der Waals surface area contributed by atoms with Crippen molar-refractivity contribution >= 4 is 5.82 Å². The first-order valence-corrected chi connectivity index (χ1v) is 7.48. The second kappa shape index (κ2) is 4.97. The van der Waals surface area contributed by atoms with Gasteiger partial charge in [0.25, 0.3) is 0 Å². The molecule has 1 aromatic carbocycles. The molecule has 0 amide bonds. The minimum absolute atomic E-state index is 0.579. The van der Waals surface area contributed by atoms with Crippen molar-refractivity contribution < 1.29 is 0 Å². The molecule has 1 saturated carbocycles. The van der Waals surface area contributed by atoms with E-state index >= 15 is 0 Å². The van der Waals surface area contributed by atoms with E-state index in [4.69, 9.17) is 10.8 Å². The molecule has 0 spiro atoms. The Labute approximate surface area is 120 Å². The molecular weight excluding hydrogens is 246 g/mol. The summed E-state index contributed by atoms with van der Waals surface area (Å²) in [5.74, 6) is 1.37. The molecule has 0 atom stereocenters. The highest BCUT2D eigenvalue weighted by Gasteiger charge is 2.26. The van der Waals surface area contributed by atoms with E-state index in [0.29, 0.717) is 5.92 Å². The topological polar surface area (TPSA) is 43.8 Å². The average Bonchev–Trinajstić information content (AvgIpc) is 3.03. The van der Waals surface area contributed by atoms with Gasteiger partial charge in [-0.15, -0.1) is 0 Å². The lowest BCUT2D eigenvalue weighted by atomic mass is 9.94. The Hall–Kier alpha value is -1.77. The molecule has 20 heavy (non-hydrogen) atoms. The number of hydrogen-bond donors (Lipinski definition) is 1. The summed E-state index contributed by atoms with van der Waals surface area (Å²) in [7, 11) is 1.94. The van der Waals surface area contributed by atoms with Gasteiger partial charge in [-0.25, -0.2) is 0 Å². The summed E-state index contributed by atoms with van der Waals surface area (Å²) >= 11 is 0. The van der Waals surface area contributed by atoms with Gasteiger partial charge in [-0.05, 0) is 43.4 Å². The number of nitrogens with zero attached hydrogens (tertiary/aromatic N) is 2. The van der Waals surface area contributed by atoms with Gasteiger partial charge in [0.05, 0.1) is 5.69 Å². The summed E-state index contributed by atoms with van der Waals surface area (Å²) in [5.41, 5.74) is 12.5. The second-order valence-corrected chi connectivity index (χ2v) is 6.05. The Morgan fingerprint density at radius 1 is 1.15 bits per heavy atom. The van der Waals surface area contributed by atoms with Crippen LogP contribution in [0, 0.1) is 13.8 Å². The van der Waals surface area contributed by atoms with Crippen LogP contribution in [0.4, 0.5) is 5.82 Å². The largest absolute Gasteiger partial charge is 0.383 e. The third-order valence-electron chi connectivity index (χ3n) is 4.66. The third-order valence-corrected chi connectivity index (χ3v) is 4.66.